The molecule has 136 valence electrons. The van der Waals surface area contributed by atoms with Crippen LogP contribution in [-0.4, -0.2) is 46.4 Å². The minimum Gasteiger partial charge on any atom is -0.338 e. The Kier molecular flexibility index (Phi) is 5.02. The minimum absolute atomic E-state index is 0.289. The zero-order chi connectivity index (χ0) is 17.9. The molecule has 0 radical (unpaired) electrons. The van der Waals surface area contributed by atoms with Crippen molar-refractivity contribution in [2.24, 2.45) is 5.92 Å². The summed E-state index contributed by atoms with van der Waals surface area (Å²) in [5, 5.41) is 0. The van der Waals surface area contributed by atoms with Gasteiger partial charge in [0.05, 0.1) is 6.42 Å². The highest BCUT2D eigenvalue weighted by molar-refractivity contribution is 5.79. The first-order valence-electron chi connectivity index (χ1n) is 9.64. The van der Waals surface area contributed by atoms with Crippen molar-refractivity contribution in [1.82, 2.24) is 14.8 Å². The van der Waals surface area contributed by atoms with Gasteiger partial charge < -0.3 is 4.90 Å². The van der Waals surface area contributed by atoms with Gasteiger partial charge in [0.2, 0.25) is 5.91 Å². The van der Waals surface area contributed by atoms with E-state index in [4.69, 9.17) is 0 Å². The lowest BCUT2D eigenvalue weighted by atomic mass is 9.94. The van der Waals surface area contributed by atoms with E-state index < -0.39 is 0 Å². The van der Waals surface area contributed by atoms with Crippen molar-refractivity contribution in [2.75, 3.05) is 19.6 Å². The van der Waals surface area contributed by atoms with Crippen molar-refractivity contribution < 1.29 is 4.79 Å². The Morgan fingerprint density at radius 1 is 1.12 bits per heavy atom. The van der Waals surface area contributed by atoms with Crippen molar-refractivity contribution in [1.29, 1.82) is 0 Å². The van der Waals surface area contributed by atoms with Crippen molar-refractivity contribution in [2.45, 2.75) is 38.8 Å². The quantitative estimate of drug-likeness (QED) is 0.851. The van der Waals surface area contributed by atoms with Crippen LogP contribution < -0.4 is 0 Å². The van der Waals surface area contributed by atoms with Gasteiger partial charge in [-0.15, -0.1) is 0 Å². The average molecular weight is 349 g/mol. The van der Waals surface area contributed by atoms with E-state index in [0.717, 1.165) is 38.2 Å². The third kappa shape index (κ3) is 3.80. The highest BCUT2D eigenvalue weighted by atomic mass is 16.2. The standard InChI is InChI=1S/C22H27N3O/c1-17-5-2-3-7-20(17)11-22(26)25-15-19-8-9-21(25)16-24(14-19)13-18-6-4-10-23-12-18/h2-7,10,12,19,21H,8-9,11,13-16H2,1H3/t19-,21+/m1/s1. The molecule has 5 rings (SSSR count). The molecule has 3 fully saturated rings. The maximum absolute atomic E-state index is 13.0. The van der Waals surface area contributed by atoms with Gasteiger partial charge in [-0.25, -0.2) is 0 Å². The third-order valence-electron chi connectivity index (χ3n) is 5.84. The molecule has 1 aromatic heterocycles. The summed E-state index contributed by atoms with van der Waals surface area (Å²) in [7, 11) is 0. The number of amides is 1. The second-order valence-electron chi connectivity index (χ2n) is 7.80. The van der Waals surface area contributed by atoms with E-state index in [1.165, 1.54) is 17.5 Å². The number of rotatable bonds is 4. The molecule has 0 saturated carbocycles. The van der Waals surface area contributed by atoms with E-state index in [0.29, 0.717) is 18.4 Å². The molecular weight excluding hydrogens is 322 g/mol. The Bertz CT molecular complexity index is 761. The van der Waals surface area contributed by atoms with Gasteiger partial charge in [-0.1, -0.05) is 30.3 Å². The van der Waals surface area contributed by atoms with E-state index in [-0.39, 0.29) is 5.91 Å². The van der Waals surface area contributed by atoms with E-state index in [9.17, 15) is 4.79 Å². The fourth-order valence-corrected chi connectivity index (χ4v) is 4.44. The molecule has 0 spiro atoms. The van der Waals surface area contributed by atoms with Gasteiger partial charge in [0.25, 0.3) is 0 Å². The molecule has 2 aromatic rings. The van der Waals surface area contributed by atoms with Crippen molar-refractivity contribution in [3.63, 3.8) is 0 Å². The first-order valence-corrected chi connectivity index (χ1v) is 9.64. The highest BCUT2D eigenvalue weighted by Gasteiger charge is 2.36. The molecule has 2 atom stereocenters. The van der Waals surface area contributed by atoms with Crippen LogP contribution in [0.3, 0.4) is 0 Å². The number of benzene rings is 1. The maximum atomic E-state index is 13.0. The molecule has 1 aromatic carbocycles. The Morgan fingerprint density at radius 3 is 2.81 bits per heavy atom. The fraction of sp³-hybridized carbons (Fsp3) is 0.455. The number of fused-ring (bicyclic) bond motifs is 4. The van der Waals surface area contributed by atoms with Crippen LogP contribution in [0.5, 0.6) is 0 Å². The summed E-state index contributed by atoms with van der Waals surface area (Å²) in [6, 6.07) is 12.7. The summed E-state index contributed by atoms with van der Waals surface area (Å²) in [6.45, 7) is 6.00. The van der Waals surface area contributed by atoms with Crippen LogP contribution in [-0.2, 0) is 17.8 Å². The van der Waals surface area contributed by atoms with Crippen LogP contribution in [0.25, 0.3) is 0 Å². The molecule has 4 nitrogen and oxygen atoms in total. The molecule has 3 aliphatic rings. The zero-order valence-electron chi connectivity index (χ0n) is 15.5. The summed E-state index contributed by atoms with van der Waals surface area (Å²) >= 11 is 0. The molecule has 4 heteroatoms. The summed E-state index contributed by atoms with van der Waals surface area (Å²) < 4.78 is 0. The van der Waals surface area contributed by atoms with Crippen molar-refractivity contribution in [3.05, 3.63) is 65.5 Å². The van der Waals surface area contributed by atoms with Crippen molar-refractivity contribution in [3.8, 4) is 0 Å². The molecule has 0 unspecified atom stereocenters. The number of carbonyl (C=O) groups is 1. The summed E-state index contributed by atoms with van der Waals surface area (Å²) in [6.07, 6.45) is 6.67. The van der Waals surface area contributed by atoms with Crippen LogP contribution in [0.15, 0.2) is 48.8 Å². The van der Waals surface area contributed by atoms with Gasteiger partial charge in [-0.2, -0.15) is 0 Å². The molecule has 0 aliphatic carbocycles. The number of pyridine rings is 1. The van der Waals surface area contributed by atoms with Gasteiger partial charge in [-0.05, 0) is 48.4 Å². The molecular formula is C22H27N3O. The lowest BCUT2D eigenvalue weighted by Gasteiger charge is -2.36. The van der Waals surface area contributed by atoms with Gasteiger partial charge >= 0.3 is 0 Å². The predicted octanol–water partition coefficient (Wildman–Crippen LogP) is 3.06. The van der Waals surface area contributed by atoms with Crippen LogP contribution in [0.2, 0.25) is 0 Å². The van der Waals surface area contributed by atoms with Gasteiger partial charge in [0.1, 0.15) is 0 Å². The van der Waals surface area contributed by atoms with Crippen molar-refractivity contribution >= 4 is 5.91 Å². The van der Waals surface area contributed by atoms with Crippen LogP contribution in [0.4, 0.5) is 0 Å². The average Bonchev–Trinajstić information content (AvgIpc) is 2.95. The highest BCUT2D eigenvalue weighted by Crippen LogP contribution is 2.29. The van der Waals surface area contributed by atoms with Crippen LogP contribution >= 0.6 is 0 Å². The third-order valence-corrected chi connectivity index (χ3v) is 5.84. The minimum atomic E-state index is 0.289. The number of nitrogens with zero attached hydrogens (tertiary/aromatic N) is 3. The first-order chi connectivity index (χ1) is 12.7. The Hall–Kier alpha value is -2.20. The number of aryl methyl sites for hydroxylation is 1. The monoisotopic (exact) mass is 349 g/mol. The molecule has 4 heterocycles. The SMILES string of the molecule is Cc1ccccc1CC(=O)N1C[C@@H]2CC[C@H]1CN(Cc1cccnc1)C2. The number of hydrogen-bond acceptors (Lipinski definition) is 3. The first kappa shape index (κ1) is 17.2. The maximum Gasteiger partial charge on any atom is 0.227 e. The van der Waals surface area contributed by atoms with Gasteiger partial charge in [0.15, 0.2) is 0 Å². The van der Waals surface area contributed by atoms with Crippen LogP contribution in [0.1, 0.15) is 29.5 Å². The smallest absolute Gasteiger partial charge is 0.227 e. The molecule has 1 amide bonds. The second kappa shape index (κ2) is 7.58. The zero-order valence-corrected chi connectivity index (χ0v) is 15.5. The Morgan fingerprint density at radius 2 is 2.00 bits per heavy atom. The number of aromatic nitrogens is 1. The number of hydrogen-bond donors (Lipinski definition) is 0. The lowest BCUT2D eigenvalue weighted by molar-refractivity contribution is -0.134. The Balaban J connectivity index is 1.44. The summed E-state index contributed by atoms with van der Waals surface area (Å²) in [4.78, 5) is 21.9. The van der Waals surface area contributed by atoms with E-state index in [2.05, 4.69) is 39.9 Å². The van der Waals surface area contributed by atoms with E-state index in [1.54, 1.807) is 0 Å². The Labute approximate surface area is 155 Å². The topological polar surface area (TPSA) is 36.4 Å². The van der Waals surface area contributed by atoms with Gasteiger partial charge in [0, 0.05) is 44.6 Å². The summed E-state index contributed by atoms with van der Waals surface area (Å²) in [5.74, 6) is 0.878. The van der Waals surface area contributed by atoms with Gasteiger partial charge in [-0.3, -0.25) is 14.7 Å². The normalized spacial score (nSPS) is 23.0. The summed E-state index contributed by atoms with van der Waals surface area (Å²) in [5.41, 5.74) is 3.62. The fourth-order valence-electron chi connectivity index (χ4n) is 4.44. The van der Waals surface area contributed by atoms with Crippen LogP contribution in [0, 0.1) is 12.8 Å². The second-order valence-corrected chi connectivity index (χ2v) is 7.80. The van der Waals surface area contributed by atoms with E-state index >= 15 is 0 Å². The molecule has 3 saturated heterocycles. The molecule has 0 N–H and O–H groups in total. The molecule has 26 heavy (non-hydrogen) atoms. The molecule has 3 aliphatic heterocycles. The lowest BCUT2D eigenvalue weighted by Crippen LogP contribution is -2.48. The number of carbonyl (C=O) groups excluding carboxylic acids is 1. The number of piperidine rings is 1. The molecule has 2 bridgehead atoms. The van der Waals surface area contributed by atoms with E-state index in [1.807, 2.05) is 30.6 Å². The predicted molar refractivity (Wildman–Crippen MR) is 103 cm³/mol. The largest absolute Gasteiger partial charge is 0.338 e.